The molecule has 0 atom stereocenters. The Morgan fingerprint density at radius 2 is 1.39 bits per heavy atom. The highest BCUT2D eigenvalue weighted by Gasteiger charge is 2.04. The smallest absolute Gasteiger partial charge is 0.0638 e. The van der Waals surface area contributed by atoms with Crippen LogP contribution in [0.2, 0.25) is 20.1 Å². The van der Waals surface area contributed by atoms with Gasteiger partial charge in [-0.25, -0.2) is 0 Å². The lowest BCUT2D eigenvalue weighted by molar-refractivity contribution is 1.15. The number of anilines is 1. The second-order valence-corrected chi connectivity index (χ2v) is 5.40. The van der Waals surface area contributed by atoms with E-state index in [9.17, 15) is 0 Å². The second kappa shape index (κ2) is 6.03. The zero-order valence-electron chi connectivity index (χ0n) is 9.18. The average molecular weight is 321 g/mol. The summed E-state index contributed by atoms with van der Waals surface area (Å²) in [5.41, 5.74) is 1.67. The van der Waals surface area contributed by atoms with Crippen LogP contribution in [0.25, 0.3) is 0 Å². The molecule has 0 aliphatic heterocycles. The Balaban J connectivity index is 2.16. The van der Waals surface area contributed by atoms with Crippen molar-refractivity contribution in [2.24, 2.45) is 0 Å². The molecule has 0 radical (unpaired) electrons. The van der Waals surface area contributed by atoms with Crippen LogP contribution in [-0.2, 0) is 6.54 Å². The summed E-state index contributed by atoms with van der Waals surface area (Å²) in [4.78, 5) is 0. The molecule has 94 valence electrons. The minimum absolute atomic E-state index is 0.527. The normalized spacial score (nSPS) is 10.4. The Hall–Kier alpha value is -0.600. The molecule has 0 heterocycles. The van der Waals surface area contributed by atoms with Crippen LogP contribution in [0.15, 0.2) is 36.4 Å². The zero-order valence-corrected chi connectivity index (χ0v) is 12.2. The highest BCUT2D eigenvalue weighted by atomic mass is 35.5. The van der Waals surface area contributed by atoms with Gasteiger partial charge in [0.15, 0.2) is 0 Å². The number of nitrogens with one attached hydrogen (secondary N) is 1. The van der Waals surface area contributed by atoms with Gasteiger partial charge in [0.2, 0.25) is 0 Å². The maximum atomic E-state index is 6.08. The van der Waals surface area contributed by atoms with E-state index in [0.717, 1.165) is 11.3 Å². The quantitative estimate of drug-likeness (QED) is 0.741. The van der Waals surface area contributed by atoms with E-state index in [-0.39, 0.29) is 0 Å². The lowest BCUT2D eigenvalue weighted by atomic mass is 10.2. The molecule has 0 aliphatic rings. The number of halogens is 4. The van der Waals surface area contributed by atoms with Crippen LogP contribution in [0.4, 0.5) is 5.69 Å². The van der Waals surface area contributed by atoms with E-state index in [1.165, 1.54) is 0 Å². The van der Waals surface area contributed by atoms with Gasteiger partial charge >= 0.3 is 0 Å². The zero-order chi connectivity index (χ0) is 13.1. The first-order valence-corrected chi connectivity index (χ1v) is 6.70. The first-order chi connectivity index (χ1) is 8.56. The van der Waals surface area contributed by atoms with Crippen molar-refractivity contribution in [1.29, 1.82) is 0 Å². The van der Waals surface area contributed by atoms with Crippen molar-refractivity contribution in [3.63, 3.8) is 0 Å². The summed E-state index contributed by atoms with van der Waals surface area (Å²) in [7, 11) is 0. The Morgan fingerprint density at radius 1 is 0.778 bits per heavy atom. The molecule has 0 aromatic heterocycles. The van der Waals surface area contributed by atoms with Gasteiger partial charge in [-0.2, -0.15) is 0 Å². The minimum atomic E-state index is 0.527. The highest BCUT2D eigenvalue weighted by Crippen LogP contribution is 2.27. The molecule has 5 heteroatoms. The second-order valence-electron chi connectivity index (χ2n) is 3.71. The maximum Gasteiger partial charge on any atom is 0.0638 e. The number of rotatable bonds is 3. The van der Waals surface area contributed by atoms with Gasteiger partial charge in [-0.15, -0.1) is 0 Å². The molecule has 1 nitrogen and oxygen atoms in total. The van der Waals surface area contributed by atoms with Gasteiger partial charge in [-0.3, -0.25) is 0 Å². The molecular formula is C13H9Cl4N. The summed E-state index contributed by atoms with van der Waals surface area (Å²) in [5.74, 6) is 0. The number of hydrogen-bond acceptors (Lipinski definition) is 1. The molecule has 0 bridgehead atoms. The topological polar surface area (TPSA) is 12.0 Å². The third-order valence-electron chi connectivity index (χ3n) is 2.41. The van der Waals surface area contributed by atoms with E-state index in [0.29, 0.717) is 26.6 Å². The van der Waals surface area contributed by atoms with Crippen LogP contribution >= 0.6 is 46.4 Å². The molecule has 0 amide bonds. The summed E-state index contributed by atoms with van der Waals surface area (Å²) < 4.78 is 0. The summed E-state index contributed by atoms with van der Waals surface area (Å²) in [5, 5.41) is 5.72. The molecule has 0 saturated carbocycles. The van der Waals surface area contributed by atoms with Crippen LogP contribution in [0.3, 0.4) is 0 Å². The number of hydrogen-bond donors (Lipinski definition) is 1. The molecule has 0 aliphatic carbocycles. The van der Waals surface area contributed by atoms with Crippen molar-refractivity contribution in [2.75, 3.05) is 5.32 Å². The van der Waals surface area contributed by atoms with E-state index in [2.05, 4.69) is 5.32 Å². The van der Waals surface area contributed by atoms with Gasteiger partial charge in [-0.1, -0.05) is 46.4 Å². The summed E-state index contributed by atoms with van der Waals surface area (Å²) in [6.07, 6.45) is 0. The van der Waals surface area contributed by atoms with Crippen LogP contribution in [0, 0.1) is 0 Å². The molecule has 0 fully saturated rings. The van der Waals surface area contributed by atoms with E-state index >= 15 is 0 Å². The van der Waals surface area contributed by atoms with Crippen molar-refractivity contribution in [1.82, 2.24) is 0 Å². The lowest BCUT2D eigenvalue weighted by Crippen LogP contribution is -2.00. The fraction of sp³-hybridized carbons (Fsp3) is 0.0769. The van der Waals surface area contributed by atoms with Crippen molar-refractivity contribution < 1.29 is 0 Å². The predicted octanol–water partition coefficient (Wildman–Crippen LogP) is 5.91. The third-order valence-corrected chi connectivity index (χ3v) is 3.57. The third kappa shape index (κ3) is 3.46. The van der Waals surface area contributed by atoms with Gasteiger partial charge in [0, 0.05) is 21.6 Å². The predicted molar refractivity (Wildman–Crippen MR) is 80.3 cm³/mol. The number of benzene rings is 2. The molecule has 0 unspecified atom stereocenters. The van der Waals surface area contributed by atoms with Crippen molar-refractivity contribution in [3.05, 3.63) is 62.1 Å². The molecule has 2 rings (SSSR count). The fourth-order valence-electron chi connectivity index (χ4n) is 1.50. The molecule has 1 N–H and O–H groups in total. The Morgan fingerprint density at radius 3 is 2.11 bits per heavy atom. The Kier molecular flexibility index (Phi) is 4.63. The van der Waals surface area contributed by atoms with Crippen LogP contribution in [-0.4, -0.2) is 0 Å². The monoisotopic (exact) mass is 319 g/mol. The first-order valence-electron chi connectivity index (χ1n) is 5.19. The summed E-state index contributed by atoms with van der Waals surface area (Å²) >= 11 is 24.0. The summed E-state index contributed by atoms with van der Waals surface area (Å²) in [6, 6.07) is 10.6. The fourth-order valence-corrected chi connectivity index (χ4v) is 2.24. The van der Waals surface area contributed by atoms with Gasteiger partial charge in [0.05, 0.1) is 10.7 Å². The van der Waals surface area contributed by atoms with Gasteiger partial charge in [0.25, 0.3) is 0 Å². The van der Waals surface area contributed by atoms with Crippen LogP contribution in [0.5, 0.6) is 0 Å². The molecular weight excluding hydrogens is 312 g/mol. The standard InChI is InChI=1S/C13H9Cl4N/c14-9-1-3-11(16)8(5-9)7-18-13-6-10(15)2-4-12(13)17/h1-6,18H,7H2. The van der Waals surface area contributed by atoms with Gasteiger partial charge in [0.1, 0.15) is 0 Å². The summed E-state index contributed by atoms with van der Waals surface area (Å²) in [6.45, 7) is 0.527. The Labute approximate surface area is 126 Å². The van der Waals surface area contributed by atoms with E-state index in [1.807, 2.05) is 6.07 Å². The van der Waals surface area contributed by atoms with Crippen molar-refractivity contribution >= 4 is 52.1 Å². The minimum Gasteiger partial charge on any atom is -0.380 e. The molecule has 18 heavy (non-hydrogen) atoms. The molecule has 2 aromatic rings. The van der Waals surface area contributed by atoms with Gasteiger partial charge in [-0.05, 0) is 42.0 Å². The van der Waals surface area contributed by atoms with E-state index in [4.69, 9.17) is 46.4 Å². The SMILES string of the molecule is Clc1ccc(Cl)c(CNc2cc(Cl)ccc2Cl)c1. The van der Waals surface area contributed by atoms with E-state index < -0.39 is 0 Å². The van der Waals surface area contributed by atoms with Crippen molar-refractivity contribution in [2.45, 2.75) is 6.54 Å². The van der Waals surface area contributed by atoms with Crippen molar-refractivity contribution in [3.8, 4) is 0 Å². The van der Waals surface area contributed by atoms with Gasteiger partial charge < -0.3 is 5.32 Å². The van der Waals surface area contributed by atoms with Crippen LogP contribution in [0.1, 0.15) is 5.56 Å². The average Bonchev–Trinajstić information content (AvgIpc) is 2.34. The molecule has 0 spiro atoms. The van der Waals surface area contributed by atoms with Crippen LogP contribution < -0.4 is 5.32 Å². The highest BCUT2D eigenvalue weighted by molar-refractivity contribution is 6.35. The first kappa shape index (κ1) is 13.8. The molecule has 0 saturated heterocycles. The lowest BCUT2D eigenvalue weighted by Gasteiger charge is -2.10. The largest absolute Gasteiger partial charge is 0.380 e. The maximum absolute atomic E-state index is 6.08. The van der Waals surface area contributed by atoms with E-state index in [1.54, 1.807) is 30.3 Å². The Bertz CT molecular complexity index is 517. The molecule has 2 aromatic carbocycles.